The standard InChI is InChI=1S/C17H21N7O.C2H6/c18-16(19)22-8-1-7-20-10-12-2-4-14(5-3-12)24-11-13-6-9-21-15(13)23-17(24)25;1-2/h2-6,9,11,20H,1,7-8,10H2,(H4,18,19,22)(H,21,23,25);1-2H3. The zero-order chi connectivity index (χ0) is 19.6. The molecular weight excluding hydrogens is 342 g/mol. The molecule has 0 amide bonds. The number of fused-ring (bicyclic) bond motifs is 1. The van der Waals surface area contributed by atoms with Crippen LogP contribution in [0.4, 0.5) is 0 Å². The van der Waals surface area contributed by atoms with E-state index in [2.05, 4.69) is 20.3 Å². The molecule has 144 valence electrons. The Hall–Kier alpha value is -3.13. The summed E-state index contributed by atoms with van der Waals surface area (Å²) >= 11 is 0. The number of rotatable bonds is 7. The fourth-order valence-corrected chi connectivity index (χ4v) is 2.52. The molecule has 0 saturated heterocycles. The van der Waals surface area contributed by atoms with Gasteiger partial charge in [0.05, 0.1) is 5.69 Å². The number of aliphatic imine (C=N–C) groups is 1. The van der Waals surface area contributed by atoms with E-state index in [4.69, 9.17) is 11.5 Å². The van der Waals surface area contributed by atoms with Gasteiger partial charge in [-0.25, -0.2) is 4.79 Å². The van der Waals surface area contributed by atoms with Crippen molar-refractivity contribution in [2.75, 3.05) is 13.1 Å². The van der Waals surface area contributed by atoms with Gasteiger partial charge in [0.25, 0.3) is 0 Å². The highest BCUT2D eigenvalue weighted by molar-refractivity contribution is 5.75. The molecule has 0 radical (unpaired) electrons. The van der Waals surface area contributed by atoms with Gasteiger partial charge in [-0.05, 0) is 36.7 Å². The number of benzene rings is 1. The third-order valence-corrected chi connectivity index (χ3v) is 3.79. The Morgan fingerprint density at radius 3 is 2.67 bits per heavy atom. The van der Waals surface area contributed by atoms with Gasteiger partial charge >= 0.3 is 5.69 Å². The Balaban J connectivity index is 0.00000126. The van der Waals surface area contributed by atoms with E-state index < -0.39 is 0 Å². The monoisotopic (exact) mass is 369 g/mol. The Labute approximate surface area is 158 Å². The number of nitrogens with zero attached hydrogens (tertiary/aromatic N) is 3. The van der Waals surface area contributed by atoms with Crippen LogP contribution in [0.2, 0.25) is 0 Å². The van der Waals surface area contributed by atoms with E-state index in [1.165, 1.54) is 0 Å². The summed E-state index contributed by atoms with van der Waals surface area (Å²) in [5, 5.41) is 4.23. The molecular formula is C19H27N7O. The van der Waals surface area contributed by atoms with E-state index in [9.17, 15) is 4.79 Å². The van der Waals surface area contributed by atoms with Crippen molar-refractivity contribution in [3.05, 3.63) is 58.8 Å². The van der Waals surface area contributed by atoms with Crippen LogP contribution in [0, 0.1) is 0 Å². The fourth-order valence-electron chi connectivity index (χ4n) is 2.52. The molecule has 8 heteroatoms. The number of nitrogens with two attached hydrogens (primary N) is 2. The van der Waals surface area contributed by atoms with Crippen molar-refractivity contribution in [2.24, 2.45) is 16.5 Å². The van der Waals surface area contributed by atoms with Crippen LogP contribution in [0.25, 0.3) is 16.7 Å². The first kappa shape index (κ1) is 20.2. The summed E-state index contributed by atoms with van der Waals surface area (Å²) in [6.07, 6.45) is 4.43. The summed E-state index contributed by atoms with van der Waals surface area (Å²) < 4.78 is 1.54. The van der Waals surface area contributed by atoms with E-state index in [0.29, 0.717) is 12.2 Å². The van der Waals surface area contributed by atoms with Crippen molar-refractivity contribution in [1.82, 2.24) is 19.9 Å². The number of hydrogen-bond donors (Lipinski definition) is 4. The molecule has 0 bridgehead atoms. The summed E-state index contributed by atoms with van der Waals surface area (Å²) in [5.41, 5.74) is 12.8. The van der Waals surface area contributed by atoms with Gasteiger partial charge < -0.3 is 21.8 Å². The van der Waals surface area contributed by atoms with Gasteiger partial charge in [0.15, 0.2) is 5.96 Å². The molecule has 8 nitrogen and oxygen atoms in total. The van der Waals surface area contributed by atoms with Gasteiger partial charge in [0.2, 0.25) is 0 Å². The normalized spacial score (nSPS) is 10.3. The third-order valence-electron chi connectivity index (χ3n) is 3.79. The lowest BCUT2D eigenvalue weighted by atomic mass is 10.2. The molecule has 3 aromatic rings. The van der Waals surface area contributed by atoms with E-state index in [1.807, 2.05) is 44.2 Å². The number of aromatic amines is 1. The van der Waals surface area contributed by atoms with Gasteiger partial charge in [0, 0.05) is 30.9 Å². The van der Waals surface area contributed by atoms with Crippen LogP contribution in [0.1, 0.15) is 25.8 Å². The minimum Gasteiger partial charge on any atom is -0.370 e. The zero-order valence-corrected chi connectivity index (χ0v) is 15.8. The maximum atomic E-state index is 12.1. The number of guanidine groups is 1. The van der Waals surface area contributed by atoms with E-state index >= 15 is 0 Å². The number of hydrogen-bond acceptors (Lipinski definition) is 4. The van der Waals surface area contributed by atoms with Crippen LogP contribution >= 0.6 is 0 Å². The first-order chi connectivity index (χ1) is 13.1. The van der Waals surface area contributed by atoms with Crippen molar-refractivity contribution in [3.63, 3.8) is 0 Å². The SMILES string of the molecule is CC.NC(N)=NCCCNCc1ccc(-n2cc3cc[nH]c3nc2=O)cc1. The van der Waals surface area contributed by atoms with Gasteiger partial charge in [0.1, 0.15) is 5.65 Å². The lowest BCUT2D eigenvalue weighted by Crippen LogP contribution is -2.23. The first-order valence-corrected chi connectivity index (χ1v) is 9.06. The third kappa shape index (κ3) is 5.68. The maximum Gasteiger partial charge on any atom is 0.354 e. The minimum atomic E-state index is -0.305. The highest BCUT2D eigenvalue weighted by Crippen LogP contribution is 2.11. The van der Waals surface area contributed by atoms with Gasteiger partial charge in [-0.1, -0.05) is 26.0 Å². The predicted molar refractivity (Wildman–Crippen MR) is 110 cm³/mol. The predicted octanol–water partition coefficient (Wildman–Crippen LogP) is 1.49. The average molecular weight is 369 g/mol. The molecule has 0 saturated carbocycles. The second-order valence-corrected chi connectivity index (χ2v) is 5.68. The van der Waals surface area contributed by atoms with Gasteiger partial charge in [-0.15, -0.1) is 0 Å². The molecule has 0 spiro atoms. The first-order valence-electron chi connectivity index (χ1n) is 9.06. The topological polar surface area (TPSA) is 127 Å². The zero-order valence-electron chi connectivity index (χ0n) is 15.8. The lowest BCUT2D eigenvalue weighted by molar-refractivity contribution is 0.655. The second-order valence-electron chi connectivity index (χ2n) is 5.68. The molecule has 0 fully saturated rings. The number of nitrogens with one attached hydrogen (secondary N) is 2. The largest absolute Gasteiger partial charge is 0.370 e. The molecule has 0 aliphatic carbocycles. The lowest BCUT2D eigenvalue weighted by Gasteiger charge is -2.08. The molecule has 0 aliphatic rings. The molecule has 27 heavy (non-hydrogen) atoms. The molecule has 0 unspecified atom stereocenters. The van der Waals surface area contributed by atoms with Crippen LogP contribution in [-0.4, -0.2) is 33.6 Å². The van der Waals surface area contributed by atoms with Crippen molar-refractivity contribution in [3.8, 4) is 5.69 Å². The number of H-pyrrole nitrogens is 1. The molecule has 0 aliphatic heterocycles. The molecule has 1 aromatic carbocycles. The Morgan fingerprint density at radius 2 is 1.96 bits per heavy atom. The number of aromatic nitrogens is 3. The Bertz CT molecular complexity index is 921. The highest BCUT2D eigenvalue weighted by atomic mass is 16.1. The van der Waals surface area contributed by atoms with Crippen LogP contribution < -0.4 is 22.5 Å². The second kappa shape index (κ2) is 10.1. The Morgan fingerprint density at radius 1 is 1.22 bits per heavy atom. The van der Waals surface area contributed by atoms with Gasteiger partial charge in [-0.2, -0.15) is 4.98 Å². The Kier molecular flexibility index (Phi) is 7.57. The quantitative estimate of drug-likeness (QED) is 0.285. The summed E-state index contributed by atoms with van der Waals surface area (Å²) in [4.78, 5) is 23.0. The molecule has 6 N–H and O–H groups in total. The van der Waals surface area contributed by atoms with Crippen LogP contribution in [-0.2, 0) is 6.54 Å². The highest BCUT2D eigenvalue weighted by Gasteiger charge is 2.04. The summed E-state index contributed by atoms with van der Waals surface area (Å²) in [6.45, 7) is 6.18. The van der Waals surface area contributed by atoms with Crippen LogP contribution in [0.5, 0.6) is 0 Å². The van der Waals surface area contributed by atoms with Crippen molar-refractivity contribution < 1.29 is 0 Å². The average Bonchev–Trinajstić information content (AvgIpc) is 3.13. The van der Waals surface area contributed by atoms with Crippen LogP contribution in [0.3, 0.4) is 0 Å². The van der Waals surface area contributed by atoms with Crippen molar-refractivity contribution >= 4 is 17.0 Å². The van der Waals surface area contributed by atoms with E-state index in [1.54, 1.807) is 17.0 Å². The van der Waals surface area contributed by atoms with Crippen molar-refractivity contribution in [1.29, 1.82) is 0 Å². The smallest absolute Gasteiger partial charge is 0.354 e. The maximum absolute atomic E-state index is 12.1. The van der Waals surface area contributed by atoms with E-state index in [-0.39, 0.29) is 11.6 Å². The molecule has 3 rings (SSSR count). The molecule has 2 aromatic heterocycles. The summed E-state index contributed by atoms with van der Waals surface area (Å²) in [5.74, 6) is 0.123. The molecule has 0 atom stereocenters. The fraction of sp³-hybridized carbons (Fsp3) is 0.316. The summed E-state index contributed by atoms with van der Waals surface area (Å²) in [7, 11) is 0. The molecule has 2 heterocycles. The van der Waals surface area contributed by atoms with Crippen molar-refractivity contribution in [2.45, 2.75) is 26.8 Å². The van der Waals surface area contributed by atoms with Crippen LogP contribution in [0.15, 0.2) is 52.5 Å². The van der Waals surface area contributed by atoms with E-state index in [0.717, 1.165) is 36.1 Å². The summed E-state index contributed by atoms with van der Waals surface area (Å²) in [6, 6.07) is 9.70. The van der Waals surface area contributed by atoms with Gasteiger partial charge in [-0.3, -0.25) is 9.56 Å². The minimum absolute atomic E-state index is 0.123.